The van der Waals surface area contributed by atoms with E-state index < -0.39 is 0 Å². The van der Waals surface area contributed by atoms with Crippen molar-refractivity contribution in [1.82, 2.24) is 15.2 Å². The van der Waals surface area contributed by atoms with E-state index in [2.05, 4.69) is 33.4 Å². The van der Waals surface area contributed by atoms with E-state index in [4.69, 9.17) is 4.74 Å². The Balaban J connectivity index is 1.35. The topological polar surface area (TPSA) is 57.7 Å². The summed E-state index contributed by atoms with van der Waals surface area (Å²) in [5.74, 6) is 0.645. The second-order valence-corrected chi connectivity index (χ2v) is 8.33. The molecule has 0 unspecified atom stereocenters. The van der Waals surface area contributed by atoms with E-state index in [-0.39, 0.29) is 12.1 Å². The van der Waals surface area contributed by atoms with Gasteiger partial charge in [-0.1, -0.05) is 24.3 Å². The number of rotatable bonds is 7. The Morgan fingerprint density at radius 2 is 1.83 bits per heavy atom. The van der Waals surface area contributed by atoms with Crippen molar-refractivity contribution in [3.05, 3.63) is 53.7 Å². The molecule has 1 aliphatic heterocycles. The monoisotopic (exact) mass is 408 g/mol. The van der Waals surface area contributed by atoms with E-state index >= 15 is 0 Å². The van der Waals surface area contributed by atoms with Crippen molar-refractivity contribution in [2.45, 2.75) is 57.7 Å². The summed E-state index contributed by atoms with van der Waals surface area (Å²) in [5.41, 5.74) is 3.35. The van der Waals surface area contributed by atoms with Gasteiger partial charge in [0.1, 0.15) is 6.10 Å². The lowest BCUT2D eigenvalue weighted by atomic mass is 10.1. The van der Waals surface area contributed by atoms with Crippen LogP contribution in [0.2, 0.25) is 0 Å². The number of carbonyl (C=O) groups excluding carboxylic acids is 1. The molecule has 2 aromatic rings. The number of amides is 2. The molecule has 2 aliphatic rings. The number of para-hydroxylation sites is 1. The first-order valence-corrected chi connectivity index (χ1v) is 11.1. The van der Waals surface area contributed by atoms with E-state index in [0.29, 0.717) is 19.0 Å². The second kappa shape index (κ2) is 9.83. The molecule has 1 aliphatic carbocycles. The molecule has 0 atom stereocenters. The average Bonchev–Trinajstić information content (AvgIpc) is 3.47. The van der Waals surface area contributed by atoms with E-state index in [1.54, 1.807) is 11.1 Å². The van der Waals surface area contributed by atoms with Crippen molar-refractivity contribution in [3.8, 4) is 5.88 Å². The van der Waals surface area contributed by atoms with Crippen LogP contribution in [0, 0.1) is 0 Å². The fourth-order valence-corrected chi connectivity index (χ4v) is 4.37. The molecule has 0 radical (unpaired) electrons. The van der Waals surface area contributed by atoms with Crippen molar-refractivity contribution >= 4 is 11.7 Å². The Kier molecular flexibility index (Phi) is 6.72. The molecule has 0 bridgehead atoms. The fraction of sp³-hybridized carbons (Fsp3) is 0.500. The Hall–Kier alpha value is -2.76. The van der Waals surface area contributed by atoms with Crippen molar-refractivity contribution in [1.29, 1.82) is 0 Å². The normalized spacial score (nSPS) is 16.6. The molecular weight excluding hydrogens is 376 g/mol. The lowest BCUT2D eigenvalue weighted by Gasteiger charge is -2.25. The molecule has 6 heteroatoms. The average molecular weight is 409 g/mol. The second-order valence-electron chi connectivity index (χ2n) is 8.33. The van der Waals surface area contributed by atoms with Gasteiger partial charge in [-0.05, 0) is 56.2 Å². The molecule has 1 aromatic heterocycles. The summed E-state index contributed by atoms with van der Waals surface area (Å²) < 4.78 is 6.09. The van der Waals surface area contributed by atoms with Gasteiger partial charge in [0.15, 0.2) is 0 Å². The van der Waals surface area contributed by atoms with Crippen LogP contribution in [0.5, 0.6) is 5.88 Å². The molecule has 1 aromatic carbocycles. The third-order valence-electron chi connectivity index (χ3n) is 6.05. The Morgan fingerprint density at radius 1 is 1.10 bits per heavy atom. The predicted molar refractivity (Wildman–Crippen MR) is 119 cm³/mol. The molecule has 2 heterocycles. The smallest absolute Gasteiger partial charge is 0.317 e. The summed E-state index contributed by atoms with van der Waals surface area (Å²) in [6, 6.07) is 12.2. The van der Waals surface area contributed by atoms with Crippen LogP contribution in [0.3, 0.4) is 0 Å². The lowest BCUT2D eigenvalue weighted by molar-refractivity contribution is 0.197. The number of aromatic nitrogens is 1. The first-order valence-electron chi connectivity index (χ1n) is 11.1. The van der Waals surface area contributed by atoms with E-state index in [1.807, 2.05) is 25.2 Å². The number of nitrogens with zero attached hydrogens (tertiary/aromatic N) is 3. The van der Waals surface area contributed by atoms with Crippen molar-refractivity contribution in [3.63, 3.8) is 0 Å². The molecule has 30 heavy (non-hydrogen) atoms. The maximum atomic E-state index is 12.7. The highest BCUT2D eigenvalue weighted by Crippen LogP contribution is 2.26. The molecule has 1 saturated carbocycles. The lowest BCUT2D eigenvalue weighted by Crippen LogP contribution is -2.37. The van der Waals surface area contributed by atoms with Gasteiger partial charge in [-0.2, -0.15) is 0 Å². The van der Waals surface area contributed by atoms with Crippen molar-refractivity contribution in [2.24, 2.45) is 0 Å². The van der Waals surface area contributed by atoms with E-state index in [0.717, 1.165) is 31.5 Å². The third kappa shape index (κ3) is 5.04. The largest absolute Gasteiger partial charge is 0.474 e. The zero-order valence-electron chi connectivity index (χ0n) is 17.8. The minimum absolute atomic E-state index is 0.0955. The van der Waals surface area contributed by atoms with Gasteiger partial charge >= 0.3 is 6.03 Å². The van der Waals surface area contributed by atoms with Gasteiger partial charge in [0.2, 0.25) is 5.88 Å². The molecule has 2 fully saturated rings. The molecule has 0 spiro atoms. The summed E-state index contributed by atoms with van der Waals surface area (Å²) in [7, 11) is 1.84. The van der Waals surface area contributed by atoms with Crippen LogP contribution in [0.15, 0.2) is 42.6 Å². The molecule has 160 valence electrons. The van der Waals surface area contributed by atoms with Gasteiger partial charge in [-0.15, -0.1) is 0 Å². The maximum absolute atomic E-state index is 12.7. The summed E-state index contributed by atoms with van der Waals surface area (Å²) in [6.07, 6.45) is 9.07. The van der Waals surface area contributed by atoms with E-state index in [9.17, 15) is 4.79 Å². The zero-order chi connectivity index (χ0) is 20.8. The number of pyridine rings is 1. The number of nitrogens with one attached hydrogen (secondary N) is 1. The van der Waals surface area contributed by atoms with Gasteiger partial charge in [0.25, 0.3) is 0 Å². The first-order chi connectivity index (χ1) is 14.7. The molecular formula is C24H32N4O2. The number of hydrogen-bond acceptors (Lipinski definition) is 4. The van der Waals surface area contributed by atoms with Crippen LogP contribution in [0.4, 0.5) is 10.5 Å². The number of hydrogen-bond donors (Lipinski definition) is 1. The highest BCUT2D eigenvalue weighted by Gasteiger charge is 2.20. The minimum Gasteiger partial charge on any atom is -0.474 e. The van der Waals surface area contributed by atoms with Crippen LogP contribution >= 0.6 is 0 Å². The van der Waals surface area contributed by atoms with Crippen LogP contribution in [-0.4, -0.2) is 42.2 Å². The van der Waals surface area contributed by atoms with Gasteiger partial charge in [0.05, 0.1) is 0 Å². The van der Waals surface area contributed by atoms with Crippen molar-refractivity contribution in [2.75, 3.05) is 25.0 Å². The van der Waals surface area contributed by atoms with Crippen LogP contribution in [0.25, 0.3) is 0 Å². The van der Waals surface area contributed by atoms with E-state index in [1.165, 1.54) is 36.9 Å². The predicted octanol–water partition coefficient (Wildman–Crippen LogP) is 4.34. The Morgan fingerprint density at radius 3 is 2.63 bits per heavy atom. The zero-order valence-corrected chi connectivity index (χ0v) is 17.8. The van der Waals surface area contributed by atoms with Crippen LogP contribution < -0.4 is 15.0 Å². The number of anilines is 1. The van der Waals surface area contributed by atoms with Crippen molar-refractivity contribution < 1.29 is 9.53 Å². The van der Waals surface area contributed by atoms with Crippen LogP contribution in [-0.2, 0) is 13.1 Å². The molecule has 6 nitrogen and oxygen atoms in total. The summed E-state index contributed by atoms with van der Waals surface area (Å²) in [6.45, 7) is 3.18. The van der Waals surface area contributed by atoms with Gasteiger partial charge in [-0.25, -0.2) is 9.78 Å². The number of ether oxygens (including phenoxy) is 1. The standard InChI is InChI=1S/C24H32N4O2/c1-27(18-20-9-2-5-13-22(20)28-15-6-7-16-28)24(29)26-17-19-10-8-14-25-23(19)30-21-11-3-4-12-21/h2,5,8-10,13-14,21H,3-4,6-7,11-12,15-18H2,1H3,(H,26,29). The number of urea groups is 1. The Labute approximate surface area is 179 Å². The molecule has 1 N–H and O–H groups in total. The fourth-order valence-electron chi connectivity index (χ4n) is 4.37. The molecule has 1 saturated heterocycles. The van der Waals surface area contributed by atoms with Gasteiger partial charge < -0.3 is 19.9 Å². The number of carbonyl (C=O) groups is 1. The molecule has 4 rings (SSSR count). The summed E-state index contributed by atoms with van der Waals surface area (Å²) >= 11 is 0. The third-order valence-corrected chi connectivity index (χ3v) is 6.05. The first kappa shape index (κ1) is 20.5. The van der Waals surface area contributed by atoms with Gasteiger partial charge in [-0.3, -0.25) is 0 Å². The summed E-state index contributed by atoms with van der Waals surface area (Å²) in [5, 5.41) is 3.03. The van der Waals surface area contributed by atoms with Gasteiger partial charge in [0, 0.05) is 50.7 Å². The minimum atomic E-state index is -0.0955. The molecule has 2 amide bonds. The SMILES string of the molecule is CN(Cc1ccccc1N1CCCC1)C(=O)NCc1cccnc1OC1CCCC1. The summed E-state index contributed by atoms with van der Waals surface area (Å²) in [4.78, 5) is 21.3. The highest BCUT2D eigenvalue weighted by atomic mass is 16.5. The quantitative estimate of drug-likeness (QED) is 0.740. The number of benzene rings is 1. The maximum Gasteiger partial charge on any atom is 0.317 e. The Bertz CT molecular complexity index is 845. The van der Waals surface area contributed by atoms with Crippen LogP contribution in [0.1, 0.15) is 49.7 Å². The highest BCUT2D eigenvalue weighted by molar-refractivity contribution is 5.74.